The summed E-state index contributed by atoms with van der Waals surface area (Å²) in [4.78, 5) is 35.9. The van der Waals surface area contributed by atoms with Crippen LogP contribution >= 0.6 is 0 Å². The number of ketones is 1. The molecule has 0 aliphatic heterocycles. The van der Waals surface area contributed by atoms with Crippen molar-refractivity contribution >= 4 is 17.8 Å². The molecule has 0 fully saturated rings. The molecule has 2 aromatic carbocycles. The third-order valence-corrected chi connectivity index (χ3v) is 4.90. The number of benzene rings is 2. The van der Waals surface area contributed by atoms with Gasteiger partial charge in [-0.3, -0.25) is 4.79 Å². The lowest BCUT2D eigenvalue weighted by molar-refractivity contribution is -0.119. The Kier molecular flexibility index (Phi) is 10.6. The normalized spacial score (nSPS) is 11.0. The summed E-state index contributed by atoms with van der Waals surface area (Å²) in [5.74, 6) is -0.120. The van der Waals surface area contributed by atoms with E-state index >= 15 is 0 Å². The van der Waals surface area contributed by atoms with Crippen LogP contribution in [0.4, 0.5) is 4.79 Å². The number of amides is 1. The van der Waals surface area contributed by atoms with Crippen molar-refractivity contribution in [1.82, 2.24) is 5.32 Å². The van der Waals surface area contributed by atoms with Crippen molar-refractivity contribution in [3.8, 4) is 0 Å². The third kappa shape index (κ3) is 11.3. The van der Waals surface area contributed by atoms with Crippen LogP contribution in [0.15, 0.2) is 54.6 Å². The predicted molar refractivity (Wildman–Crippen MR) is 128 cm³/mol. The van der Waals surface area contributed by atoms with Gasteiger partial charge in [0.05, 0.1) is 5.56 Å². The van der Waals surface area contributed by atoms with E-state index in [2.05, 4.69) is 5.32 Å². The molecule has 0 atom stereocenters. The van der Waals surface area contributed by atoms with Gasteiger partial charge in [-0.2, -0.15) is 0 Å². The molecule has 0 heterocycles. The lowest BCUT2D eigenvalue weighted by Crippen LogP contribution is -2.25. The topological polar surface area (TPSA) is 81.7 Å². The number of carbonyl (C=O) groups is 3. The second-order valence-corrected chi connectivity index (χ2v) is 9.04. The summed E-state index contributed by atoms with van der Waals surface area (Å²) in [6, 6.07) is 16.8. The molecule has 0 bridgehead atoms. The molecule has 0 spiro atoms. The number of nitrogens with one attached hydrogen (secondary N) is 1. The lowest BCUT2D eigenvalue weighted by atomic mass is 10.0. The first-order valence-electron chi connectivity index (χ1n) is 11.5. The largest absolute Gasteiger partial charge is 0.456 e. The van der Waals surface area contributed by atoms with Crippen molar-refractivity contribution < 1.29 is 23.9 Å². The summed E-state index contributed by atoms with van der Waals surface area (Å²) >= 11 is 0. The molecule has 0 saturated carbocycles. The Morgan fingerprint density at radius 1 is 0.818 bits per heavy atom. The zero-order valence-electron chi connectivity index (χ0n) is 19.9. The molecular weight excluding hydrogens is 418 g/mol. The molecule has 6 heteroatoms. The molecule has 2 aromatic rings. The maximum absolute atomic E-state index is 12.1. The highest BCUT2D eigenvalue weighted by Crippen LogP contribution is 2.14. The monoisotopic (exact) mass is 453 g/mol. The molecule has 1 N–H and O–H groups in total. The molecule has 0 saturated heterocycles. The highest BCUT2D eigenvalue weighted by atomic mass is 16.6. The minimum absolute atomic E-state index is 0.224. The molecular formula is C27H35NO5. The number of hydrogen-bond acceptors (Lipinski definition) is 5. The highest BCUT2D eigenvalue weighted by molar-refractivity contribution is 5.89. The van der Waals surface area contributed by atoms with E-state index in [1.165, 1.54) is 0 Å². The van der Waals surface area contributed by atoms with E-state index in [9.17, 15) is 14.4 Å². The van der Waals surface area contributed by atoms with Gasteiger partial charge in [-0.05, 0) is 63.3 Å². The van der Waals surface area contributed by atoms with E-state index in [-0.39, 0.29) is 18.4 Å². The number of rotatable bonds is 12. The van der Waals surface area contributed by atoms with Gasteiger partial charge in [0.1, 0.15) is 18.0 Å². The van der Waals surface area contributed by atoms with Gasteiger partial charge in [0, 0.05) is 19.4 Å². The summed E-state index contributed by atoms with van der Waals surface area (Å²) in [6.45, 7) is 6.30. The number of aryl methyl sites for hydroxylation is 1. The number of carbonyl (C=O) groups excluding carboxylic acids is 3. The molecule has 0 unspecified atom stereocenters. The van der Waals surface area contributed by atoms with Gasteiger partial charge in [-0.15, -0.1) is 0 Å². The SMILES string of the molecule is CC(C)(C)OC(=O)c1ccc(CCC(=O)CCCCCNC(=O)OCc2ccccc2)cc1. The van der Waals surface area contributed by atoms with Gasteiger partial charge in [-0.1, -0.05) is 48.9 Å². The van der Waals surface area contributed by atoms with Crippen molar-refractivity contribution in [2.75, 3.05) is 6.54 Å². The Morgan fingerprint density at radius 3 is 2.18 bits per heavy atom. The first kappa shape index (κ1) is 26.1. The second kappa shape index (κ2) is 13.4. The number of hydrogen-bond donors (Lipinski definition) is 1. The Hall–Kier alpha value is -3.15. The van der Waals surface area contributed by atoms with Crippen LogP contribution in [-0.4, -0.2) is 30.0 Å². The molecule has 0 aliphatic rings. The van der Waals surface area contributed by atoms with E-state index in [1.807, 2.05) is 63.2 Å². The zero-order chi connectivity index (χ0) is 24.1. The van der Waals surface area contributed by atoms with Gasteiger partial charge in [0.25, 0.3) is 0 Å². The molecule has 1 amide bonds. The van der Waals surface area contributed by atoms with Crippen LogP contribution in [0, 0.1) is 0 Å². The van der Waals surface area contributed by atoms with Gasteiger partial charge < -0.3 is 14.8 Å². The van der Waals surface area contributed by atoms with E-state index in [0.717, 1.165) is 30.4 Å². The van der Waals surface area contributed by atoms with Crippen LogP contribution in [0.25, 0.3) is 0 Å². The van der Waals surface area contributed by atoms with Crippen LogP contribution in [0.2, 0.25) is 0 Å². The van der Waals surface area contributed by atoms with Crippen LogP contribution in [0.5, 0.6) is 0 Å². The van der Waals surface area contributed by atoms with Gasteiger partial charge in [0.15, 0.2) is 0 Å². The summed E-state index contributed by atoms with van der Waals surface area (Å²) in [5.41, 5.74) is 1.96. The van der Waals surface area contributed by atoms with Crippen LogP contribution in [-0.2, 0) is 27.3 Å². The van der Waals surface area contributed by atoms with E-state index < -0.39 is 11.7 Å². The minimum atomic E-state index is -0.524. The molecule has 0 aliphatic carbocycles. The zero-order valence-corrected chi connectivity index (χ0v) is 19.9. The number of Topliss-reactive ketones (excluding diaryl/α,β-unsaturated/α-hetero) is 1. The van der Waals surface area contributed by atoms with Crippen LogP contribution in [0.3, 0.4) is 0 Å². The first-order valence-corrected chi connectivity index (χ1v) is 11.5. The summed E-state index contributed by atoms with van der Waals surface area (Å²) in [6.07, 6.45) is 3.73. The van der Waals surface area contributed by atoms with E-state index in [0.29, 0.717) is 31.4 Å². The maximum Gasteiger partial charge on any atom is 0.407 e. The lowest BCUT2D eigenvalue weighted by Gasteiger charge is -2.19. The number of ether oxygens (including phenoxy) is 2. The fourth-order valence-electron chi connectivity index (χ4n) is 3.14. The highest BCUT2D eigenvalue weighted by Gasteiger charge is 2.17. The van der Waals surface area contributed by atoms with Gasteiger partial charge in [0.2, 0.25) is 0 Å². The van der Waals surface area contributed by atoms with Crippen LogP contribution in [0.1, 0.15) is 74.4 Å². The van der Waals surface area contributed by atoms with E-state index in [1.54, 1.807) is 12.1 Å². The van der Waals surface area contributed by atoms with Gasteiger partial charge >= 0.3 is 12.1 Å². The van der Waals surface area contributed by atoms with Crippen molar-refractivity contribution in [3.63, 3.8) is 0 Å². The average molecular weight is 454 g/mol. The second-order valence-electron chi connectivity index (χ2n) is 9.04. The van der Waals surface area contributed by atoms with Crippen LogP contribution < -0.4 is 5.32 Å². The molecule has 6 nitrogen and oxygen atoms in total. The van der Waals surface area contributed by atoms with Crippen molar-refractivity contribution in [3.05, 3.63) is 71.3 Å². The first-order chi connectivity index (χ1) is 15.7. The maximum atomic E-state index is 12.1. The Morgan fingerprint density at radius 2 is 1.52 bits per heavy atom. The number of alkyl carbamates (subject to hydrolysis) is 1. The standard InChI is InChI=1S/C27H35NO5/c1-27(2,3)33-25(30)23-16-13-21(14-17-23)15-18-24(29)12-8-5-9-19-28-26(31)32-20-22-10-6-4-7-11-22/h4,6-7,10-11,13-14,16-17H,5,8-9,12,15,18-20H2,1-3H3,(H,28,31). The number of esters is 1. The molecule has 0 radical (unpaired) electrons. The van der Waals surface area contributed by atoms with E-state index in [4.69, 9.17) is 9.47 Å². The smallest absolute Gasteiger partial charge is 0.407 e. The average Bonchev–Trinajstić information content (AvgIpc) is 2.78. The Bertz CT molecular complexity index is 885. The quantitative estimate of drug-likeness (QED) is 0.333. The molecule has 0 aromatic heterocycles. The van der Waals surface area contributed by atoms with Gasteiger partial charge in [-0.25, -0.2) is 9.59 Å². The molecule has 33 heavy (non-hydrogen) atoms. The van der Waals surface area contributed by atoms with Crippen molar-refractivity contribution in [2.24, 2.45) is 0 Å². The minimum Gasteiger partial charge on any atom is -0.456 e. The predicted octanol–water partition coefficient (Wildman–Crippen LogP) is 5.63. The molecule has 2 rings (SSSR count). The number of unbranched alkanes of at least 4 members (excludes halogenated alkanes) is 2. The molecule has 178 valence electrons. The summed E-state index contributed by atoms with van der Waals surface area (Å²) in [7, 11) is 0. The Labute approximate surface area is 196 Å². The fourth-order valence-corrected chi connectivity index (χ4v) is 3.14. The Balaban J connectivity index is 1.53. The fraction of sp³-hybridized carbons (Fsp3) is 0.444. The van der Waals surface area contributed by atoms with Crippen molar-refractivity contribution in [2.45, 2.75) is 71.5 Å². The third-order valence-electron chi connectivity index (χ3n) is 4.90. The van der Waals surface area contributed by atoms with Crippen molar-refractivity contribution in [1.29, 1.82) is 0 Å². The summed E-state index contributed by atoms with van der Waals surface area (Å²) in [5, 5.41) is 2.73. The summed E-state index contributed by atoms with van der Waals surface area (Å²) < 4.78 is 10.5.